The number of para-hydroxylation sites is 1. The fourth-order valence-corrected chi connectivity index (χ4v) is 4.13. The van der Waals surface area contributed by atoms with Crippen molar-refractivity contribution in [3.8, 4) is 11.5 Å². The van der Waals surface area contributed by atoms with Crippen LogP contribution >= 0.6 is 0 Å². The normalized spacial score (nSPS) is 14.3. The molecule has 0 unspecified atom stereocenters. The van der Waals surface area contributed by atoms with Gasteiger partial charge < -0.3 is 15.4 Å². The van der Waals surface area contributed by atoms with Crippen LogP contribution in [0.15, 0.2) is 84.9 Å². The number of nitrogens with one attached hydrogen (secondary N) is 2. The van der Waals surface area contributed by atoms with Crippen LogP contribution in [0.2, 0.25) is 0 Å². The monoisotopic (exact) mass is 429 g/mol. The summed E-state index contributed by atoms with van der Waals surface area (Å²) in [5.41, 5.74) is 2.05. The largest absolute Gasteiger partial charge is 0.457 e. The Balaban J connectivity index is 1.37. The molecule has 2 N–H and O–H groups in total. The fraction of sp³-hybridized carbons (Fsp3) is 0.296. The Bertz CT molecular complexity index is 972. The van der Waals surface area contributed by atoms with Gasteiger partial charge in [0, 0.05) is 24.3 Å². The van der Waals surface area contributed by atoms with E-state index in [-0.39, 0.29) is 5.91 Å². The van der Waals surface area contributed by atoms with Crippen molar-refractivity contribution in [3.63, 3.8) is 0 Å². The predicted molar refractivity (Wildman–Crippen MR) is 129 cm³/mol. The number of anilines is 1. The number of hydrogen-bond donors (Lipinski definition) is 2. The average Bonchev–Trinajstić information content (AvgIpc) is 2.84. The maximum absolute atomic E-state index is 12.9. The van der Waals surface area contributed by atoms with Gasteiger partial charge in [-0.1, -0.05) is 54.6 Å². The average molecular weight is 430 g/mol. The molecule has 0 saturated carbocycles. The Morgan fingerprint density at radius 3 is 2.34 bits per heavy atom. The molecule has 5 nitrogen and oxygen atoms in total. The van der Waals surface area contributed by atoms with Crippen LogP contribution in [-0.2, 0) is 11.2 Å². The van der Waals surface area contributed by atoms with Crippen LogP contribution in [0.25, 0.3) is 0 Å². The Kier molecular flexibility index (Phi) is 7.90. The van der Waals surface area contributed by atoms with Crippen LogP contribution in [0.1, 0.15) is 18.4 Å². The van der Waals surface area contributed by atoms with Gasteiger partial charge in [-0.25, -0.2) is 0 Å². The number of nitrogens with zero attached hydrogens (tertiary/aromatic N) is 1. The molecule has 166 valence electrons. The quantitative estimate of drug-likeness (QED) is 0.517. The summed E-state index contributed by atoms with van der Waals surface area (Å²) in [7, 11) is 0. The fourth-order valence-electron chi connectivity index (χ4n) is 4.13. The Morgan fingerprint density at radius 2 is 1.59 bits per heavy atom. The van der Waals surface area contributed by atoms with Crippen LogP contribution in [0.4, 0.5) is 5.69 Å². The van der Waals surface area contributed by atoms with Gasteiger partial charge in [0.1, 0.15) is 11.5 Å². The van der Waals surface area contributed by atoms with E-state index >= 15 is 0 Å². The number of benzene rings is 3. The molecule has 1 aliphatic heterocycles. The molecule has 0 aliphatic carbocycles. The second kappa shape index (κ2) is 11.5. The minimum atomic E-state index is 0.00783. The molecule has 0 spiro atoms. The highest BCUT2D eigenvalue weighted by atomic mass is 16.5. The zero-order chi connectivity index (χ0) is 22.0. The standard InChI is InChI=1S/C27H31N3O2/c31-27(29-23-10-7-13-26(20-23)32-25-11-5-2-6-12-25)21-30(24-14-17-28-18-15-24)19-16-22-8-3-1-4-9-22/h1-13,20,24,28H,14-19,21H2,(H,29,31). The molecule has 0 radical (unpaired) electrons. The molecule has 3 aromatic rings. The molecule has 32 heavy (non-hydrogen) atoms. The van der Waals surface area contributed by atoms with Gasteiger partial charge in [0.25, 0.3) is 0 Å². The second-order valence-corrected chi connectivity index (χ2v) is 8.18. The molecule has 1 amide bonds. The highest BCUT2D eigenvalue weighted by Gasteiger charge is 2.23. The number of ether oxygens (including phenoxy) is 1. The van der Waals surface area contributed by atoms with Gasteiger partial charge >= 0.3 is 0 Å². The number of piperidine rings is 1. The maximum atomic E-state index is 12.9. The van der Waals surface area contributed by atoms with Crippen molar-refractivity contribution in [2.24, 2.45) is 0 Å². The zero-order valence-electron chi connectivity index (χ0n) is 18.4. The van der Waals surface area contributed by atoms with Gasteiger partial charge in [0.2, 0.25) is 5.91 Å². The van der Waals surface area contributed by atoms with E-state index in [4.69, 9.17) is 4.74 Å². The SMILES string of the molecule is O=C(CN(CCc1ccccc1)C1CCNCC1)Nc1cccc(Oc2ccccc2)c1. The van der Waals surface area contributed by atoms with E-state index < -0.39 is 0 Å². The number of hydrogen-bond acceptors (Lipinski definition) is 4. The van der Waals surface area contributed by atoms with Crippen LogP contribution in [-0.4, -0.2) is 43.0 Å². The molecule has 4 rings (SSSR count). The van der Waals surface area contributed by atoms with Crippen molar-refractivity contribution in [1.29, 1.82) is 0 Å². The van der Waals surface area contributed by atoms with Gasteiger partial charge in [-0.05, 0) is 62.2 Å². The van der Waals surface area contributed by atoms with Crippen molar-refractivity contribution >= 4 is 11.6 Å². The van der Waals surface area contributed by atoms with Crippen molar-refractivity contribution < 1.29 is 9.53 Å². The zero-order valence-corrected chi connectivity index (χ0v) is 18.4. The first kappa shape index (κ1) is 22.1. The number of rotatable bonds is 9. The highest BCUT2D eigenvalue weighted by Crippen LogP contribution is 2.24. The number of carbonyl (C=O) groups excluding carboxylic acids is 1. The summed E-state index contributed by atoms with van der Waals surface area (Å²) in [5, 5.41) is 6.48. The Hall–Kier alpha value is -3.15. The highest BCUT2D eigenvalue weighted by molar-refractivity contribution is 5.92. The smallest absolute Gasteiger partial charge is 0.238 e. The predicted octanol–water partition coefficient (Wildman–Crippen LogP) is 4.71. The third-order valence-corrected chi connectivity index (χ3v) is 5.80. The Morgan fingerprint density at radius 1 is 0.906 bits per heavy atom. The number of amides is 1. The Labute approximate surface area is 190 Å². The van der Waals surface area contributed by atoms with Crippen LogP contribution in [0, 0.1) is 0 Å². The van der Waals surface area contributed by atoms with E-state index in [0.29, 0.717) is 18.3 Å². The van der Waals surface area contributed by atoms with E-state index in [1.165, 1.54) is 5.56 Å². The molecule has 5 heteroatoms. The first-order chi connectivity index (χ1) is 15.8. The van der Waals surface area contributed by atoms with Gasteiger partial charge in [-0.15, -0.1) is 0 Å². The van der Waals surface area contributed by atoms with Gasteiger partial charge in [0.15, 0.2) is 0 Å². The maximum Gasteiger partial charge on any atom is 0.238 e. The first-order valence-corrected chi connectivity index (χ1v) is 11.4. The van der Waals surface area contributed by atoms with Crippen LogP contribution in [0.3, 0.4) is 0 Å². The second-order valence-electron chi connectivity index (χ2n) is 8.18. The van der Waals surface area contributed by atoms with Crippen molar-refractivity contribution in [2.75, 3.05) is 31.5 Å². The molecule has 1 aliphatic rings. The van der Waals surface area contributed by atoms with E-state index in [1.54, 1.807) is 0 Å². The minimum Gasteiger partial charge on any atom is -0.457 e. The minimum absolute atomic E-state index is 0.00783. The van der Waals surface area contributed by atoms with Crippen molar-refractivity contribution in [3.05, 3.63) is 90.5 Å². The molecule has 0 atom stereocenters. The molecule has 1 heterocycles. The van der Waals surface area contributed by atoms with Crippen LogP contribution < -0.4 is 15.4 Å². The summed E-state index contributed by atoms with van der Waals surface area (Å²) < 4.78 is 5.90. The summed E-state index contributed by atoms with van der Waals surface area (Å²) in [4.78, 5) is 15.3. The van der Waals surface area contributed by atoms with Gasteiger partial charge in [-0.2, -0.15) is 0 Å². The lowest BCUT2D eigenvalue weighted by atomic mass is 10.0. The van der Waals surface area contributed by atoms with Crippen LogP contribution in [0.5, 0.6) is 11.5 Å². The summed E-state index contributed by atoms with van der Waals surface area (Å²) >= 11 is 0. The number of carbonyl (C=O) groups is 1. The summed E-state index contributed by atoms with van der Waals surface area (Å²) in [5.74, 6) is 1.48. The van der Waals surface area contributed by atoms with Gasteiger partial charge in [-0.3, -0.25) is 9.69 Å². The van der Waals surface area contributed by atoms with E-state index in [9.17, 15) is 4.79 Å². The third kappa shape index (κ3) is 6.67. The van der Waals surface area contributed by atoms with E-state index in [1.807, 2.05) is 60.7 Å². The molecule has 1 saturated heterocycles. The molecular formula is C27H31N3O2. The third-order valence-electron chi connectivity index (χ3n) is 5.80. The lowest BCUT2D eigenvalue weighted by Gasteiger charge is -2.34. The summed E-state index contributed by atoms with van der Waals surface area (Å²) in [6, 6.07) is 28.1. The van der Waals surface area contributed by atoms with E-state index in [0.717, 1.165) is 50.3 Å². The molecule has 1 fully saturated rings. The molecular weight excluding hydrogens is 398 g/mol. The molecule has 3 aromatic carbocycles. The topological polar surface area (TPSA) is 53.6 Å². The van der Waals surface area contributed by atoms with Crippen molar-refractivity contribution in [1.82, 2.24) is 10.2 Å². The summed E-state index contributed by atoms with van der Waals surface area (Å²) in [6.07, 6.45) is 3.09. The first-order valence-electron chi connectivity index (χ1n) is 11.4. The lowest BCUT2D eigenvalue weighted by molar-refractivity contribution is -0.118. The van der Waals surface area contributed by atoms with Gasteiger partial charge in [0.05, 0.1) is 6.54 Å². The lowest BCUT2D eigenvalue weighted by Crippen LogP contribution is -2.47. The molecule has 0 aromatic heterocycles. The van der Waals surface area contributed by atoms with E-state index in [2.05, 4.69) is 39.8 Å². The van der Waals surface area contributed by atoms with Crippen molar-refractivity contribution in [2.45, 2.75) is 25.3 Å². The summed E-state index contributed by atoms with van der Waals surface area (Å²) in [6.45, 7) is 3.28. The molecule has 0 bridgehead atoms.